The van der Waals surface area contributed by atoms with Gasteiger partial charge in [0.15, 0.2) is 0 Å². The van der Waals surface area contributed by atoms with Crippen molar-refractivity contribution in [1.82, 2.24) is 19.4 Å². The van der Waals surface area contributed by atoms with Crippen LogP contribution in [0.15, 0.2) is 36.7 Å². The molecular weight excluding hydrogens is 304 g/mol. The average molecular weight is 330 g/mol. The standard InChI is InChI=1S/C18H26N4O2/c1-20(2)13-18(23)8-10-21(14-18)12-17-19-9-11-22(17)15-4-6-16(24-3)7-5-15/h4-7,9,11,23H,8,10,12-14H2,1-3H3. The molecular formula is C18H26N4O2. The van der Waals surface area contributed by atoms with E-state index in [1.807, 2.05) is 55.7 Å². The van der Waals surface area contributed by atoms with Crippen LogP contribution >= 0.6 is 0 Å². The van der Waals surface area contributed by atoms with Gasteiger partial charge in [0.05, 0.1) is 19.3 Å². The zero-order valence-corrected chi connectivity index (χ0v) is 14.6. The highest BCUT2D eigenvalue weighted by Crippen LogP contribution is 2.24. The van der Waals surface area contributed by atoms with Crippen LogP contribution in [0.1, 0.15) is 12.2 Å². The molecule has 0 radical (unpaired) electrons. The largest absolute Gasteiger partial charge is 0.497 e. The summed E-state index contributed by atoms with van der Waals surface area (Å²) in [5, 5.41) is 10.7. The number of β-amino-alcohol motifs (C(OH)–C–C–N with tert-alkyl or cyclic N) is 1. The SMILES string of the molecule is COc1ccc(-n2ccnc2CN2CCC(O)(CN(C)C)C2)cc1. The van der Waals surface area contributed by atoms with Gasteiger partial charge in [-0.3, -0.25) is 4.90 Å². The van der Waals surface area contributed by atoms with Crippen LogP contribution in [0.5, 0.6) is 5.75 Å². The van der Waals surface area contributed by atoms with Crippen molar-refractivity contribution in [1.29, 1.82) is 0 Å². The summed E-state index contributed by atoms with van der Waals surface area (Å²) in [6, 6.07) is 7.95. The van der Waals surface area contributed by atoms with E-state index in [-0.39, 0.29) is 0 Å². The minimum Gasteiger partial charge on any atom is -0.497 e. The number of aromatic nitrogens is 2. The van der Waals surface area contributed by atoms with Gasteiger partial charge in [0, 0.05) is 37.7 Å². The average Bonchev–Trinajstić information content (AvgIpc) is 3.14. The molecule has 24 heavy (non-hydrogen) atoms. The van der Waals surface area contributed by atoms with Gasteiger partial charge in [-0.1, -0.05) is 0 Å². The number of aliphatic hydroxyl groups is 1. The van der Waals surface area contributed by atoms with Crippen LogP contribution in [0, 0.1) is 0 Å². The van der Waals surface area contributed by atoms with Crippen molar-refractivity contribution >= 4 is 0 Å². The van der Waals surface area contributed by atoms with Crippen molar-refractivity contribution in [3.8, 4) is 11.4 Å². The Morgan fingerprint density at radius 2 is 2.04 bits per heavy atom. The first-order valence-corrected chi connectivity index (χ1v) is 8.25. The van der Waals surface area contributed by atoms with Crippen molar-refractivity contribution in [2.45, 2.75) is 18.6 Å². The Kier molecular flexibility index (Phi) is 4.89. The first-order valence-electron chi connectivity index (χ1n) is 8.25. The van der Waals surface area contributed by atoms with Crippen LogP contribution in [0.3, 0.4) is 0 Å². The fourth-order valence-electron chi connectivity index (χ4n) is 3.42. The Bertz CT molecular complexity index is 668. The molecule has 0 bridgehead atoms. The summed E-state index contributed by atoms with van der Waals surface area (Å²) < 4.78 is 7.30. The lowest BCUT2D eigenvalue weighted by Gasteiger charge is -2.26. The minimum atomic E-state index is -0.624. The molecule has 1 N–H and O–H groups in total. The summed E-state index contributed by atoms with van der Waals surface area (Å²) in [6.45, 7) is 2.99. The lowest BCUT2D eigenvalue weighted by atomic mass is 10.0. The topological polar surface area (TPSA) is 53.8 Å². The van der Waals surface area contributed by atoms with Gasteiger partial charge >= 0.3 is 0 Å². The summed E-state index contributed by atoms with van der Waals surface area (Å²) in [5.41, 5.74) is 0.437. The summed E-state index contributed by atoms with van der Waals surface area (Å²) >= 11 is 0. The molecule has 6 heteroatoms. The number of imidazole rings is 1. The Hall–Kier alpha value is -1.89. The maximum absolute atomic E-state index is 10.7. The molecule has 130 valence electrons. The minimum absolute atomic E-state index is 0.624. The normalized spacial score (nSPS) is 21.5. The van der Waals surface area contributed by atoms with Crippen LogP contribution in [0.2, 0.25) is 0 Å². The van der Waals surface area contributed by atoms with E-state index in [2.05, 4.69) is 14.5 Å². The molecule has 0 aliphatic carbocycles. The van der Waals surface area contributed by atoms with E-state index >= 15 is 0 Å². The Balaban J connectivity index is 1.70. The summed E-state index contributed by atoms with van der Waals surface area (Å²) in [6.07, 6.45) is 4.59. The fraction of sp³-hybridized carbons (Fsp3) is 0.500. The lowest BCUT2D eigenvalue weighted by Crippen LogP contribution is -2.42. The van der Waals surface area contributed by atoms with Gasteiger partial charge in [-0.25, -0.2) is 4.98 Å². The van der Waals surface area contributed by atoms with Crippen molar-refractivity contribution in [3.05, 3.63) is 42.5 Å². The van der Waals surface area contributed by atoms with Crippen LogP contribution < -0.4 is 4.74 Å². The summed E-state index contributed by atoms with van der Waals surface area (Å²) in [5.74, 6) is 1.82. The van der Waals surface area contributed by atoms with Gasteiger partial charge in [-0.05, 0) is 44.8 Å². The van der Waals surface area contributed by atoms with Crippen LogP contribution in [0.25, 0.3) is 5.69 Å². The monoisotopic (exact) mass is 330 g/mol. The van der Waals surface area contributed by atoms with E-state index in [1.165, 1.54) is 0 Å². The maximum Gasteiger partial charge on any atom is 0.127 e. The molecule has 0 saturated carbocycles. The molecule has 2 aromatic rings. The quantitative estimate of drug-likeness (QED) is 0.867. The van der Waals surface area contributed by atoms with Crippen molar-refractivity contribution in [2.75, 3.05) is 40.8 Å². The number of hydrogen-bond acceptors (Lipinski definition) is 5. The predicted octanol–water partition coefficient (Wildman–Crippen LogP) is 1.38. The first-order chi connectivity index (χ1) is 11.5. The number of likely N-dealkylation sites (tertiary alicyclic amines) is 1. The molecule has 1 aromatic carbocycles. The number of rotatable bonds is 6. The molecule has 1 unspecified atom stereocenters. The second kappa shape index (κ2) is 6.93. The zero-order chi connectivity index (χ0) is 17.2. The lowest BCUT2D eigenvalue weighted by molar-refractivity contribution is 0.0238. The highest BCUT2D eigenvalue weighted by atomic mass is 16.5. The number of benzene rings is 1. The van der Waals surface area contributed by atoms with E-state index in [4.69, 9.17) is 4.74 Å². The zero-order valence-electron chi connectivity index (χ0n) is 14.6. The van der Waals surface area contributed by atoms with E-state index in [0.717, 1.165) is 36.8 Å². The van der Waals surface area contributed by atoms with E-state index in [1.54, 1.807) is 7.11 Å². The van der Waals surface area contributed by atoms with E-state index < -0.39 is 5.60 Å². The third-order valence-corrected chi connectivity index (χ3v) is 4.45. The highest BCUT2D eigenvalue weighted by molar-refractivity contribution is 5.38. The second-order valence-corrected chi connectivity index (χ2v) is 6.83. The molecule has 0 amide bonds. The fourth-order valence-corrected chi connectivity index (χ4v) is 3.42. The van der Waals surface area contributed by atoms with Crippen LogP contribution in [-0.4, -0.2) is 70.9 Å². The Morgan fingerprint density at radius 1 is 1.29 bits per heavy atom. The second-order valence-electron chi connectivity index (χ2n) is 6.83. The van der Waals surface area contributed by atoms with Crippen LogP contribution in [-0.2, 0) is 6.54 Å². The summed E-state index contributed by atoms with van der Waals surface area (Å²) in [7, 11) is 5.66. The molecule has 2 heterocycles. The van der Waals surface area contributed by atoms with Crippen molar-refractivity contribution in [2.24, 2.45) is 0 Å². The highest BCUT2D eigenvalue weighted by Gasteiger charge is 2.36. The van der Waals surface area contributed by atoms with Crippen LogP contribution in [0.4, 0.5) is 0 Å². The number of nitrogens with zero attached hydrogens (tertiary/aromatic N) is 4. The molecule has 1 atom stereocenters. The first kappa shape index (κ1) is 17.0. The maximum atomic E-state index is 10.7. The molecule has 6 nitrogen and oxygen atoms in total. The third-order valence-electron chi connectivity index (χ3n) is 4.45. The van der Waals surface area contributed by atoms with Gasteiger partial charge in [0.25, 0.3) is 0 Å². The smallest absolute Gasteiger partial charge is 0.127 e. The van der Waals surface area contributed by atoms with E-state index in [9.17, 15) is 5.11 Å². The molecule has 1 aliphatic rings. The van der Waals surface area contributed by atoms with Gasteiger partial charge in [0.2, 0.25) is 0 Å². The number of methoxy groups -OCH3 is 1. The molecule has 3 rings (SSSR count). The van der Waals surface area contributed by atoms with Gasteiger partial charge < -0.3 is 19.3 Å². The molecule has 1 saturated heterocycles. The van der Waals surface area contributed by atoms with Gasteiger partial charge in [-0.2, -0.15) is 0 Å². The number of hydrogen-bond donors (Lipinski definition) is 1. The van der Waals surface area contributed by atoms with Gasteiger partial charge in [-0.15, -0.1) is 0 Å². The Labute approximate surface area is 143 Å². The third kappa shape index (κ3) is 3.77. The van der Waals surface area contributed by atoms with E-state index in [0.29, 0.717) is 13.1 Å². The summed E-state index contributed by atoms with van der Waals surface area (Å²) in [4.78, 5) is 8.82. The molecule has 1 fully saturated rings. The number of ether oxygens (including phenoxy) is 1. The van der Waals surface area contributed by atoms with Crippen molar-refractivity contribution in [3.63, 3.8) is 0 Å². The van der Waals surface area contributed by atoms with Crippen molar-refractivity contribution < 1.29 is 9.84 Å². The number of likely N-dealkylation sites (N-methyl/N-ethyl adjacent to an activating group) is 1. The molecule has 1 aliphatic heterocycles. The van der Waals surface area contributed by atoms with Gasteiger partial charge in [0.1, 0.15) is 11.6 Å². The molecule has 1 aromatic heterocycles. The Morgan fingerprint density at radius 3 is 2.71 bits per heavy atom. The molecule has 0 spiro atoms. The predicted molar refractivity (Wildman–Crippen MR) is 93.5 cm³/mol.